The van der Waals surface area contributed by atoms with Gasteiger partial charge in [-0.25, -0.2) is 0 Å². The van der Waals surface area contributed by atoms with Gasteiger partial charge in [-0.3, -0.25) is 0 Å². The summed E-state index contributed by atoms with van der Waals surface area (Å²) >= 11 is 0. The van der Waals surface area contributed by atoms with E-state index in [4.69, 9.17) is 9.84 Å². The molecule has 5 nitrogen and oxygen atoms in total. The number of ether oxygens (including phenoxy) is 1. The summed E-state index contributed by atoms with van der Waals surface area (Å²) in [6, 6.07) is 0. The number of hydrogen-bond donors (Lipinski definition) is 4. The number of aliphatic hydroxyl groups is 4. The molecular formula is C11H21O5. The maximum Gasteiger partial charge on any atom is 0.111 e. The molecule has 95 valence electrons. The molecule has 1 fully saturated rings. The van der Waals surface area contributed by atoms with Gasteiger partial charge in [-0.15, -0.1) is 0 Å². The topological polar surface area (TPSA) is 90.2 Å². The molecule has 1 unspecified atom stereocenters. The molecule has 0 bridgehead atoms. The van der Waals surface area contributed by atoms with Crippen LogP contribution in [0.4, 0.5) is 0 Å². The molecule has 1 rings (SSSR count). The van der Waals surface area contributed by atoms with E-state index in [1.165, 1.54) is 0 Å². The molecule has 0 amide bonds. The lowest BCUT2D eigenvalue weighted by Crippen LogP contribution is -2.58. The van der Waals surface area contributed by atoms with E-state index in [2.05, 4.69) is 6.92 Å². The van der Waals surface area contributed by atoms with Crippen molar-refractivity contribution in [2.24, 2.45) is 0 Å². The summed E-state index contributed by atoms with van der Waals surface area (Å²) in [7, 11) is 0. The fraction of sp³-hybridized carbons (Fsp3) is 0.909. The predicted octanol–water partition coefficient (Wildman–Crippen LogP) is -0.777. The van der Waals surface area contributed by atoms with Crippen LogP contribution in [0.1, 0.15) is 25.7 Å². The summed E-state index contributed by atoms with van der Waals surface area (Å²) < 4.78 is 5.35. The first-order valence-corrected chi connectivity index (χ1v) is 5.71. The quantitative estimate of drug-likeness (QED) is 0.468. The third-order valence-electron chi connectivity index (χ3n) is 2.98. The highest BCUT2D eigenvalue weighted by Crippen LogP contribution is 2.24. The summed E-state index contributed by atoms with van der Waals surface area (Å²) in [5, 5.41) is 37.7. The van der Waals surface area contributed by atoms with Crippen LogP contribution in [0.2, 0.25) is 0 Å². The van der Waals surface area contributed by atoms with Crippen molar-refractivity contribution in [3.8, 4) is 0 Å². The molecule has 0 aromatic rings. The molecule has 1 aliphatic heterocycles. The lowest BCUT2D eigenvalue weighted by molar-refractivity contribution is -0.230. The minimum absolute atomic E-state index is 0.364. The Morgan fingerprint density at radius 1 is 0.938 bits per heavy atom. The van der Waals surface area contributed by atoms with Crippen molar-refractivity contribution in [2.75, 3.05) is 6.61 Å². The maximum absolute atomic E-state index is 9.69. The molecule has 1 saturated heterocycles. The number of rotatable bonds is 5. The van der Waals surface area contributed by atoms with E-state index in [-0.39, 0.29) is 6.61 Å². The van der Waals surface area contributed by atoms with Crippen molar-refractivity contribution in [3.63, 3.8) is 0 Å². The van der Waals surface area contributed by atoms with Crippen LogP contribution in [0.25, 0.3) is 0 Å². The monoisotopic (exact) mass is 233 g/mol. The van der Waals surface area contributed by atoms with Crippen molar-refractivity contribution in [3.05, 3.63) is 6.92 Å². The highest BCUT2D eigenvalue weighted by Gasteiger charge is 2.42. The van der Waals surface area contributed by atoms with Crippen molar-refractivity contribution >= 4 is 0 Å². The van der Waals surface area contributed by atoms with Gasteiger partial charge in [-0.1, -0.05) is 26.2 Å². The summed E-state index contributed by atoms with van der Waals surface area (Å²) in [5.41, 5.74) is 0. The van der Waals surface area contributed by atoms with Crippen LogP contribution >= 0.6 is 0 Å². The van der Waals surface area contributed by atoms with Crippen LogP contribution in [-0.2, 0) is 4.74 Å². The number of hydrogen-bond acceptors (Lipinski definition) is 5. The van der Waals surface area contributed by atoms with Crippen LogP contribution in [-0.4, -0.2) is 57.6 Å². The second-order valence-corrected chi connectivity index (χ2v) is 4.22. The summed E-state index contributed by atoms with van der Waals surface area (Å²) in [4.78, 5) is 0. The van der Waals surface area contributed by atoms with E-state index in [9.17, 15) is 15.3 Å². The predicted molar refractivity (Wildman–Crippen MR) is 57.6 cm³/mol. The Kier molecular flexibility index (Phi) is 5.64. The van der Waals surface area contributed by atoms with Crippen LogP contribution in [0.5, 0.6) is 0 Å². The molecule has 1 radical (unpaired) electrons. The van der Waals surface area contributed by atoms with Gasteiger partial charge >= 0.3 is 0 Å². The highest BCUT2D eigenvalue weighted by molar-refractivity contribution is 4.91. The van der Waals surface area contributed by atoms with E-state index < -0.39 is 30.5 Å². The first-order valence-electron chi connectivity index (χ1n) is 5.71. The van der Waals surface area contributed by atoms with Gasteiger partial charge in [0.25, 0.3) is 0 Å². The van der Waals surface area contributed by atoms with Crippen molar-refractivity contribution in [1.29, 1.82) is 0 Å². The fourth-order valence-electron chi connectivity index (χ4n) is 1.94. The van der Waals surface area contributed by atoms with Crippen LogP contribution in [0.3, 0.4) is 0 Å². The molecular weight excluding hydrogens is 212 g/mol. The molecule has 0 aromatic heterocycles. The van der Waals surface area contributed by atoms with Gasteiger partial charge in [0.05, 0.1) is 12.7 Å². The summed E-state index contributed by atoms with van der Waals surface area (Å²) in [6.45, 7) is 3.35. The average Bonchev–Trinajstić information content (AvgIpc) is 2.29. The SMILES string of the molecule is [CH2]CCCCC1O[C@H](CO)[C@@H](O)[C@H](O)[C@H]1O. The Labute approximate surface area is 95.7 Å². The third-order valence-corrected chi connectivity index (χ3v) is 2.98. The van der Waals surface area contributed by atoms with E-state index in [0.29, 0.717) is 6.42 Å². The zero-order valence-electron chi connectivity index (χ0n) is 9.33. The van der Waals surface area contributed by atoms with E-state index >= 15 is 0 Å². The summed E-state index contributed by atoms with van der Waals surface area (Å²) in [5.74, 6) is 0. The molecule has 4 N–H and O–H groups in total. The fourth-order valence-corrected chi connectivity index (χ4v) is 1.94. The highest BCUT2D eigenvalue weighted by atomic mass is 16.5. The van der Waals surface area contributed by atoms with Gasteiger partial charge in [0.2, 0.25) is 0 Å². The first kappa shape index (κ1) is 13.9. The second kappa shape index (κ2) is 6.51. The molecule has 0 aliphatic carbocycles. The minimum Gasteiger partial charge on any atom is -0.394 e. The molecule has 5 atom stereocenters. The third kappa shape index (κ3) is 3.15. The second-order valence-electron chi connectivity index (χ2n) is 4.22. The molecule has 1 heterocycles. The van der Waals surface area contributed by atoms with Gasteiger partial charge in [0.15, 0.2) is 0 Å². The van der Waals surface area contributed by atoms with Gasteiger partial charge < -0.3 is 25.2 Å². The van der Waals surface area contributed by atoms with Crippen molar-refractivity contribution < 1.29 is 25.2 Å². The molecule has 0 saturated carbocycles. The van der Waals surface area contributed by atoms with Gasteiger partial charge in [0.1, 0.15) is 24.4 Å². The molecule has 0 spiro atoms. The average molecular weight is 233 g/mol. The minimum atomic E-state index is -1.25. The smallest absolute Gasteiger partial charge is 0.111 e. The Bertz CT molecular complexity index is 197. The Morgan fingerprint density at radius 2 is 1.56 bits per heavy atom. The lowest BCUT2D eigenvalue weighted by Gasteiger charge is -2.40. The molecule has 0 aromatic carbocycles. The standard InChI is InChI=1S/C11H21O5/c1-2-3-4-5-7-9(13)11(15)10(14)8(6-12)16-7/h7-15H,1-6H2/t7?,8-,9+,10-,11-/m1/s1. The zero-order valence-corrected chi connectivity index (χ0v) is 9.33. The van der Waals surface area contributed by atoms with E-state index in [1.54, 1.807) is 0 Å². The van der Waals surface area contributed by atoms with Gasteiger partial charge in [-0.05, 0) is 6.42 Å². The van der Waals surface area contributed by atoms with Gasteiger partial charge in [0, 0.05) is 0 Å². The number of aliphatic hydroxyl groups excluding tert-OH is 4. The van der Waals surface area contributed by atoms with Crippen molar-refractivity contribution in [1.82, 2.24) is 0 Å². The first-order chi connectivity index (χ1) is 7.61. The Morgan fingerprint density at radius 3 is 2.12 bits per heavy atom. The van der Waals surface area contributed by atoms with Crippen LogP contribution < -0.4 is 0 Å². The van der Waals surface area contributed by atoms with Crippen molar-refractivity contribution in [2.45, 2.75) is 56.2 Å². The summed E-state index contributed by atoms with van der Waals surface area (Å²) in [6.07, 6.45) is -1.75. The molecule has 1 aliphatic rings. The van der Waals surface area contributed by atoms with Gasteiger partial charge in [-0.2, -0.15) is 0 Å². The van der Waals surface area contributed by atoms with E-state index in [1.807, 2.05) is 0 Å². The molecule has 16 heavy (non-hydrogen) atoms. The normalized spacial score (nSPS) is 39.9. The zero-order chi connectivity index (χ0) is 12.1. The largest absolute Gasteiger partial charge is 0.394 e. The van der Waals surface area contributed by atoms with Crippen LogP contribution in [0, 0.1) is 6.92 Å². The molecule has 5 heteroatoms. The van der Waals surface area contributed by atoms with Crippen LogP contribution in [0.15, 0.2) is 0 Å². The maximum atomic E-state index is 9.69. The lowest BCUT2D eigenvalue weighted by atomic mass is 9.92. The Balaban J connectivity index is 2.50. The van der Waals surface area contributed by atoms with E-state index in [0.717, 1.165) is 19.3 Å². The Hall–Kier alpha value is -0.200. The number of unbranched alkanes of at least 4 members (excludes halogenated alkanes) is 2.